The summed E-state index contributed by atoms with van der Waals surface area (Å²) in [5, 5.41) is 11.1. The van der Waals surface area contributed by atoms with Gasteiger partial charge in [0.05, 0.1) is 21.9 Å². The number of hydrogen-bond donors (Lipinski definition) is 1. The van der Waals surface area contributed by atoms with Crippen LogP contribution in [0.3, 0.4) is 0 Å². The molecule has 0 saturated carbocycles. The van der Waals surface area contributed by atoms with Gasteiger partial charge < -0.3 is 5.11 Å². The normalized spacial score (nSPS) is 14.3. The molecule has 5 heteroatoms. The molecule has 1 N–H and O–H groups in total. The Hall–Kier alpha value is -1.16. The van der Waals surface area contributed by atoms with Crippen molar-refractivity contribution >= 4 is 23.2 Å². The highest BCUT2D eigenvalue weighted by Crippen LogP contribution is 2.36. The average Bonchev–Trinajstić information content (AvgIpc) is 2.33. The van der Waals surface area contributed by atoms with Gasteiger partial charge in [-0.3, -0.25) is 4.98 Å². The van der Waals surface area contributed by atoms with Crippen molar-refractivity contribution in [3.05, 3.63) is 63.6 Å². The van der Waals surface area contributed by atoms with Crippen molar-refractivity contribution in [1.29, 1.82) is 0 Å². The maximum Gasteiger partial charge on any atom is 0.141 e. The van der Waals surface area contributed by atoms with Crippen LogP contribution in [0.4, 0.5) is 4.39 Å². The number of halogens is 3. The molecule has 1 atom stereocenters. The van der Waals surface area contributed by atoms with Crippen LogP contribution in [0, 0.1) is 5.82 Å². The third-order valence-electron chi connectivity index (χ3n) is 2.70. The molecule has 1 heterocycles. The minimum Gasteiger partial charge on any atom is -0.379 e. The second-order valence-electron chi connectivity index (χ2n) is 4.04. The van der Waals surface area contributed by atoms with Gasteiger partial charge in [0.1, 0.15) is 11.4 Å². The smallest absolute Gasteiger partial charge is 0.141 e. The van der Waals surface area contributed by atoms with E-state index >= 15 is 0 Å². The second-order valence-corrected chi connectivity index (χ2v) is 4.82. The fraction of sp³-hybridized carbons (Fsp3) is 0.154. The molecule has 1 aromatic heterocycles. The number of rotatable bonds is 2. The Morgan fingerprint density at radius 1 is 1.22 bits per heavy atom. The van der Waals surface area contributed by atoms with Crippen molar-refractivity contribution in [3.63, 3.8) is 0 Å². The van der Waals surface area contributed by atoms with E-state index in [9.17, 15) is 9.50 Å². The average molecular weight is 286 g/mol. The summed E-state index contributed by atoms with van der Waals surface area (Å²) in [6, 6.07) is 7.60. The van der Waals surface area contributed by atoms with E-state index in [0.29, 0.717) is 16.3 Å². The van der Waals surface area contributed by atoms with Crippen LogP contribution in [0.15, 0.2) is 36.5 Å². The zero-order valence-electron chi connectivity index (χ0n) is 9.49. The maximum atomic E-state index is 12.8. The summed E-state index contributed by atoms with van der Waals surface area (Å²) < 4.78 is 12.8. The number of hydrogen-bond acceptors (Lipinski definition) is 2. The van der Waals surface area contributed by atoms with E-state index in [-0.39, 0.29) is 5.02 Å². The lowest BCUT2D eigenvalue weighted by atomic mass is 9.92. The molecule has 0 fully saturated rings. The molecule has 2 nitrogen and oxygen atoms in total. The molecule has 2 aromatic rings. The topological polar surface area (TPSA) is 33.1 Å². The van der Waals surface area contributed by atoms with Crippen molar-refractivity contribution in [2.45, 2.75) is 12.5 Å². The lowest BCUT2D eigenvalue weighted by Crippen LogP contribution is -2.24. The quantitative estimate of drug-likeness (QED) is 0.911. The summed E-state index contributed by atoms with van der Waals surface area (Å²) in [5.74, 6) is -0.466. The van der Waals surface area contributed by atoms with Gasteiger partial charge in [0.25, 0.3) is 0 Å². The molecule has 0 saturated heterocycles. The van der Waals surface area contributed by atoms with Crippen LogP contribution in [0.1, 0.15) is 18.2 Å². The third-order valence-corrected chi connectivity index (χ3v) is 3.52. The van der Waals surface area contributed by atoms with Crippen molar-refractivity contribution in [1.82, 2.24) is 4.98 Å². The third kappa shape index (κ3) is 2.34. The van der Waals surface area contributed by atoms with Gasteiger partial charge in [-0.1, -0.05) is 35.3 Å². The summed E-state index contributed by atoms with van der Waals surface area (Å²) >= 11 is 12.0. The Morgan fingerprint density at radius 2 is 1.94 bits per heavy atom. The molecule has 2 rings (SSSR count). The van der Waals surface area contributed by atoms with Crippen molar-refractivity contribution in [3.8, 4) is 0 Å². The van der Waals surface area contributed by atoms with Gasteiger partial charge in [0.15, 0.2) is 0 Å². The first-order valence-corrected chi connectivity index (χ1v) is 5.97. The Balaban J connectivity index is 2.54. The summed E-state index contributed by atoms with van der Waals surface area (Å²) in [5.41, 5.74) is -0.709. The first-order chi connectivity index (χ1) is 8.43. The Bertz CT molecular complexity index is 570. The number of aliphatic hydroxyl groups is 1. The molecule has 0 aliphatic rings. The van der Waals surface area contributed by atoms with Crippen molar-refractivity contribution in [2.75, 3.05) is 0 Å². The standard InChI is InChI=1S/C13H10Cl2FNO/c1-13(18,11-6-5-8(16)7-17-11)9-3-2-4-10(14)12(9)15/h2-7,18H,1H3. The van der Waals surface area contributed by atoms with Gasteiger partial charge >= 0.3 is 0 Å². The maximum absolute atomic E-state index is 12.8. The highest BCUT2D eigenvalue weighted by Gasteiger charge is 2.30. The van der Waals surface area contributed by atoms with Crippen LogP contribution >= 0.6 is 23.2 Å². The number of benzene rings is 1. The molecular formula is C13H10Cl2FNO. The number of pyridine rings is 1. The summed E-state index contributed by atoms with van der Waals surface area (Å²) in [6.07, 6.45) is 1.04. The molecular weight excluding hydrogens is 276 g/mol. The minimum atomic E-state index is -1.43. The van der Waals surface area contributed by atoms with E-state index in [1.807, 2.05) is 0 Å². The van der Waals surface area contributed by atoms with Crippen LogP contribution in [0.25, 0.3) is 0 Å². The summed E-state index contributed by atoms with van der Waals surface area (Å²) in [6.45, 7) is 1.53. The summed E-state index contributed by atoms with van der Waals surface area (Å²) in [4.78, 5) is 3.87. The molecule has 0 bridgehead atoms. The molecule has 0 spiro atoms. The molecule has 0 radical (unpaired) electrons. The van der Waals surface area contributed by atoms with Crippen molar-refractivity contribution < 1.29 is 9.50 Å². The van der Waals surface area contributed by atoms with Gasteiger partial charge in [-0.05, 0) is 25.1 Å². The van der Waals surface area contributed by atoms with E-state index in [1.165, 1.54) is 19.1 Å². The molecule has 0 aliphatic heterocycles. The SMILES string of the molecule is CC(O)(c1ccc(F)cn1)c1cccc(Cl)c1Cl. The molecule has 0 amide bonds. The van der Waals surface area contributed by atoms with Crippen LogP contribution in [0.5, 0.6) is 0 Å². The van der Waals surface area contributed by atoms with Gasteiger partial charge in [-0.2, -0.15) is 0 Å². The van der Waals surface area contributed by atoms with Crippen LogP contribution in [0.2, 0.25) is 10.0 Å². The van der Waals surface area contributed by atoms with Crippen LogP contribution in [-0.4, -0.2) is 10.1 Å². The summed E-state index contributed by atoms with van der Waals surface area (Å²) in [7, 11) is 0. The number of aromatic nitrogens is 1. The fourth-order valence-electron chi connectivity index (χ4n) is 1.68. The largest absolute Gasteiger partial charge is 0.379 e. The molecule has 94 valence electrons. The zero-order valence-corrected chi connectivity index (χ0v) is 11.0. The lowest BCUT2D eigenvalue weighted by molar-refractivity contribution is 0.0974. The van der Waals surface area contributed by atoms with Gasteiger partial charge in [0, 0.05) is 5.56 Å². The lowest BCUT2D eigenvalue weighted by Gasteiger charge is -2.24. The highest BCUT2D eigenvalue weighted by atomic mass is 35.5. The van der Waals surface area contributed by atoms with Crippen LogP contribution < -0.4 is 0 Å². The van der Waals surface area contributed by atoms with E-state index in [2.05, 4.69) is 4.98 Å². The van der Waals surface area contributed by atoms with Crippen molar-refractivity contribution in [2.24, 2.45) is 0 Å². The Kier molecular flexibility index (Phi) is 3.57. The monoisotopic (exact) mass is 285 g/mol. The minimum absolute atomic E-state index is 0.260. The van der Waals surface area contributed by atoms with E-state index in [0.717, 1.165) is 6.20 Å². The Morgan fingerprint density at radius 3 is 2.56 bits per heavy atom. The van der Waals surface area contributed by atoms with Gasteiger partial charge in [-0.25, -0.2) is 4.39 Å². The molecule has 1 aromatic carbocycles. The number of nitrogens with zero attached hydrogens (tertiary/aromatic N) is 1. The zero-order chi connectivity index (χ0) is 13.3. The van der Waals surface area contributed by atoms with Gasteiger partial charge in [-0.15, -0.1) is 0 Å². The van der Waals surface area contributed by atoms with Crippen LogP contribution in [-0.2, 0) is 5.60 Å². The Labute approximate surface area is 114 Å². The van der Waals surface area contributed by atoms with E-state index in [4.69, 9.17) is 23.2 Å². The second kappa shape index (κ2) is 4.84. The first kappa shape index (κ1) is 13.3. The van der Waals surface area contributed by atoms with E-state index < -0.39 is 11.4 Å². The molecule has 0 aliphatic carbocycles. The highest BCUT2D eigenvalue weighted by molar-refractivity contribution is 6.42. The molecule has 18 heavy (non-hydrogen) atoms. The molecule has 1 unspecified atom stereocenters. The predicted molar refractivity (Wildman–Crippen MR) is 69.3 cm³/mol. The predicted octanol–water partition coefficient (Wildman–Crippen LogP) is 3.78. The van der Waals surface area contributed by atoms with Gasteiger partial charge in [0.2, 0.25) is 0 Å². The van der Waals surface area contributed by atoms with E-state index in [1.54, 1.807) is 18.2 Å². The first-order valence-electron chi connectivity index (χ1n) is 5.22. The fourth-order valence-corrected chi connectivity index (χ4v) is 2.17.